The number of nitrogens with zero attached hydrogens (tertiary/aromatic N) is 1. The standard InChI is InChI=1S/C10H12N4S/c11-9(12)4-3-7-6-13-14-10(7)8-2-1-5-15-8/h1-2,5-6H,3-4H2,(H3,11,12)(H,13,14). The second-order valence-electron chi connectivity index (χ2n) is 3.27. The Hall–Kier alpha value is -1.62. The van der Waals surface area contributed by atoms with Crippen molar-refractivity contribution in [2.45, 2.75) is 12.8 Å². The molecule has 0 aromatic carbocycles. The number of rotatable bonds is 4. The summed E-state index contributed by atoms with van der Waals surface area (Å²) in [6.07, 6.45) is 3.15. The molecule has 0 atom stereocenters. The number of thiophene rings is 1. The molecular weight excluding hydrogens is 208 g/mol. The lowest BCUT2D eigenvalue weighted by Gasteiger charge is -1.99. The van der Waals surface area contributed by atoms with Gasteiger partial charge >= 0.3 is 0 Å². The van der Waals surface area contributed by atoms with E-state index in [1.54, 1.807) is 17.5 Å². The zero-order valence-corrected chi connectivity index (χ0v) is 8.97. The van der Waals surface area contributed by atoms with E-state index in [1.165, 1.54) is 4.88 Å². The molecule has 2 aromatic rings. The van der Waals surface area contributed by atoms with Gasteiger partial charge in [-0.3, -0.25) is 10.5 Å². The molecule has 78 valence electrons. The van der Waals surface area contributed by atoms with Crippen molar-refractivity contribution in [3.05, 3.63) is 29.3 Å². The average molecular weight is 220 g/mol. The summed E-state index contributed by atoms with van der Waals surface area (Å²) in [6, 6.07) is 4.06. The maximum Gasteiger partial charge on any atom is 0.0908 e. The Balaban J connectivity index is 2.19. The highest BCUT2D eigenvalue weighted by Crippen LogP contribution is 2.26. The third-order valence-corrected chi connectivity index (χ3v) is 3.04. The lowest BCUT2D eigenvalue weighted by molar-refractivity contribution is 1.02. The first-order chi connectivity index (χ1) is 7.27. The van der Waals surface area contributed by atoms with Gasteiger partial charge < -0.3 is 5.73 Å². The quantitative estimate of drug-likeness (QED) is 0.544. The van der Waals surface area contributed by atoms with E-state index < -0.39 is 0 Å². The minimum atomic E-state index is 0.216. The van der Waals surface area contributed by atoms with Crippen molar-refractivity contribution in [1.82, 2.24) is 10.2 Å². The van der Waals surface area contributed by atoms with Crippen LogP contribution in [0.1, 0.15) is 12.0 Å². The highest BCUT2D eigenvalue weighted by molar-refractivity contribution is 7.13. The van der Waals surface area contributed by atoms with Crippen LogP contribution in [0, 0.1) is 5.41 Å². The van der Waals surface area contributed by atoms with Crippen LogP contribution in [0.25, 0.3) is 10.6 Å². The molecule has 0 aliphatic rings. The van der Waals surface area contributed by atoms with Gasteiger partial charge in [0.05, 0.1) is 22.6 Å². The zero-order chi connectivity index (χ0) is 10.7. The van der Waals surface area contributed by atoms with Crippen LogP contribution in [0.4, 0.5) is 0 Å². The van der Waals surface area contributed by atoms with E-state index in [4.69, 9.17) is 11.1 Å². The van der Waals surface area contributed by atoms with Crippen molar-refractivity contribution >= 4 is 17.2 Å². The second kappa shape index (κ2) is 4.27. The smallest absolute Gasteiger partial charge is 0.0908 e. The van der Waals surface area contributed by atoms with Gasteiger partial charge in [0, 0.05) is 6.42 Å². The highest BCUT2D eigenvalue weighted by Gasteiger charge is 2.08. The van der Waals surface area contributed by atoms with E-state index in [0.29, 0.717) is 6.42 Å². The molecule has 2 aromatic heterocycles. The van der Waals surface area contributed by atoms with Gasteiger partial charge in [0.1, 0.15) is 0 Å². The summed E-state index contributed by atoms with van der Waals surface area (Å²) >= 11 is 1.67. The molecular formula is C10H12N4S. The predicted molar refractivity (Wildman–Crippen MR) is 62.1 cm³/mol. The maximum absolute atomic E-state index is 7.19. The number of H-pyrrole nitrogens is 1. The van der Waals surface area contributed by atoms with E-state index in [1.807, 2.05) is 11.4 Å². The molecule has 2 rings (SSSR count). The minimum Gasteiger partial charge on any atom is -0.388 e. The van der Waals surface area contributed by atoms with E-state index in [0.717, 1.165) is 17.7 Å². The molecule has 0 fully saturated rings. The second-order valence-corrected chi connectivity index (χ2v) is 4.22. The summed E-state index contributed by atoms with van der Waals surface area (Å²) in [6.45, 7) is 0. The molecule has 5 heteroatoms. The van der Waals surface area contributed by atoms with Crippen molar-refractivity contribution in [3.63, 3.8) is 0 Å². The van der Waals surface area contributed by atoms with Crippen molar-refractivity contribution in [2.75, 3.05) is 0 Å². The molecule has 4 N–H and O–H groups in total. The van der Waals surface area contributed by atoms with Crippen LogP contribution in [0.3, 0.4) is 0 Å². The van der Waals surface area contributed by atoms with Crippen LogP contribution in [-0.4, -0.2) is 16.0 Å². The molecule has 0 saturated heterocycles. The molecule has 0 aliphatic carbocycles. The summed E-state index contributed by atoms with van der Waals surface area (Å²) in [7, 11) is 0. The molecule has 4 nitrogen and oxygen atoms in total. The van der Waals surface area contributed by atoms with Crippen molar-refractivity contribution in [1.29, 1.82) is 5.41 Å². The van der Waals surface area contributed by atoms with Crippen molar-refractivity contribution in [2.24, 2.45) is 5.73 Å². The number of nitrogens with two attached hydrogens (primary N) is 1. The van der Waals surface area contributed by atoms with Crippen LogP contribution < -0.4 is 5.73 Å². The maximum atomic E-state index is 7.19. The van der Waals surface area contributed by atoms with Gasteiger partial charge in [-0.2, -0.15) is 5.10 Å². The Morgan fingerprint density at radius 2 is 2.47 bits per heavy atom. The molecule has 0 spiro atoms. The molecule has 0 amide bonds. The number of aromatic nitrogens is 2. The van der Waals surface area contributed by atoms with Crippen LogP contribution in [-0.2, 0) is 6.42 Å². The fourth-order valence-electron chi connectivity index (χ4n) is 1.40. The SMILES string of the molecule is N=C(N)CCc1cn[nH]c1-c1cccs1. The Morgan fingerprint density at radius 1 is 1.60 bits per heavy atom. The first-order valence-electron chi connectivity index (χ1n) is 4.66. The van der Waals surface area contributed by atoms with Gasteiger partial charge in [-0.15, -0.1) is 11.3 Å². The summed E-state index contributed by atoms with van der Waals surface area (Å²) in [5, 5.41) is 16.2. The van der Waals surface area contributed by atoms with Crippen LogP contribution in [0.2, 0.25) is 0 Å². The van der Waals surface area contributed by atoms with Crippen LogP contribution >= 0.6 is 11.3 Å². The average Bonchev–Trinajstić information content (AvgIpc) is 2.85. The highest BCUT2D eigenvalue weighted by atomic mass is 32.1. The summed E-state index contributed by atoms with van der Waals surface area (Å²) < 4.78 is 0. The number of hydrogen-bond donors (Lipinski definition) is 3. The van der Waals surface area contributed by atoms with Crippen LogP contribution in [0.15, 0.2) is 23.7 Å². The first-order valence-corrected chi connectivity index (χ1v) is 5.54. The predicted octanol–water partition coefficient (Wildman–Crippen LogP) is 2.01. The van der Waals surface area contributed by atoms with Crippen LogP contribution in [0.5, 0.6) is 0 Å². The van der Waals surface area contributed by atoms with E-state index >= 15 is 0 Å². The van der Waals surface area contributed by atoms with Gasteiger partial charge in [-0.25, -0.2) is 0 Å². The number of amidine groups is 1. The Bertz CT molecular complexity index is 444. The third kappa shape index (κ3) is 2.24. The number of aryl methyl sites for hydroxylation is 1. The lowest BCUT2D eigenvalue weighted by atomic mass is 10.1. The molecule has 0 saturated carbocycles. The van der Waals surface area contributed by atoms with Gasteiger partial charge in [-0.1, -0.05) is 6.07 Å². The number of nitrogens with one attached hydrogen (secondary N) is 2. The van der Waals surface area contributed by atoms with Gasteiger partial charge in [0.15, 0.2) is 0 Å². The van der Waals surface area contributed by atoms with Gasteiger partial charge in [-0.05, 0) is 23.4 Å². The molecule has 15 heavy (non-hydrogen) atoms. The van der Waals surface area contributed by atoms with Crippen molar-refractivity contribution in [3.8, 4) is 10.6 Å². The Labute approximate surface area is 91.6 Å². The first kappa shape index (κ1) is 9.92. The molecule has 0 aliphatic heterocycles. The molecule has 2 heterocycles. The minimum absolute atomic E-state index is 0.216. The Morgan fingerprint density at radius 3 is 3.13 bits per heavy atom. The van der Waals surface area contributed by atoms with E-state index in [-0.39, 0.29) is 5.84 Å². The monoisotopic (exact) mass is 220 g/mol. The summed E-state index contributed by atoms with van der Waals surface area (Å²) in [4.78, 5) is 1.17. The fourth-order valence-corrected chi connectivity index (χ4v) is 2.16. The summed E-state index contributed by atoms with van der Waals surface area (Å²) in [5.41, 5.74) is 7.50. The number of hydrogen-bond acceptors (Lipinski definition) is 3. The zero-order valence-electron chi connectivity index (χ0n) is 8.16. The largest absolute Gasteiger partial charge is 0.388 e. The lowest BCUT2D eigenvalue weighted by Crippen LogP contribution is -2.10. The van der Waals surface area contributed by atoms with E-state index in [9.17, 15) is 0 Å². The topological polar surface area (TPSA) is 78.6 Å². The van der Waals surface area contributed by atoms with Crippen molar-refractivity contribution < 1.29 is 0 Å². The molecule has 0 bridgehead atoms. The fraction of sp³-hybridized carbons (Fsp3) is 0.200. The summed E-state index contributed by atoms with van der Waals surface area (Å²) in [5.74, 6) is 0.216. The van der Waals surface area contributed by atoms with E-state index in [2.05, 4.69) is 16.3 Å². The third-order valence-electron chi connectivity index (χ3n) is 2.15. The Kier molecular flexibility index (Phi) is 2.82. The number of aromatic amines is 1. The molecule has 0 unspecified atom stereocenters. The molecule has 0 radical (unpaired) electrons. The normalized spacial score (nSPS) is 10.4. The van der Waals surface area contributed by atoms with Gasteiger partial charge in [0.25, 0.3) is 0 Å². The van der Waals surface area contributed by atoms with Gasteiger partial charge in [0.2, 0.25) is 0 Å².